The molecule has 0 amide bonds. The zero-order chi connectivity index (χ0) is 10.1. The molecule has 14 heavy (non-hydrogen) atoms. The first-order chi connectivity index (χ1) is 6.68. The molecule has 0 aliphatic carbocycles. The third-order valence-corrected chi connectivity index (χ3v) is 2.93. The number of rotatable bonds is 2. The van der Waals surface area contributed by atoms with Crippen molar-refractivity contribution in [3.8, 4) is 0 Å². The molecule has 0 atom stereocenters. The number of halogens is 1. The molecule has 0 aliphatic rings. The van der Waals surface area contributed by atoms with Crippen LogP contribution in [-0.4, -0.2) is 9.55 Å². The van der Waals surface area contributed by atoms with E-state index >= 15 is 0 Å². The molecule has 73 valence electrons. The van der Waals surface area contributed by atoms with Crippen LogP contribution in [-0.2, 0) is 6.54 Å². The number of hydrogen-bond acceptors (Lipinski definition) is 1. The standard InChI is InChI=1S/C11H12IN2/c1-8(2)6-14-7-10(12)9-4-3-5-13-11(9)14/h3-5,7H,6H2,1-2H3. The second-order valence-electron chi connectivity index (χ2n) is 3.69. The summed E-state index contributed by atoms with van der Waals surface area (Å²) in [5.41, 5.74) is 1.08. The predicted octanol–water partition coefficient (Wildman–Crippen LogP) is 3.26. The van der Waals surface area contributed by atoms with Crippen LogP contribution in [0.15, 0.2) is 24.5 Å². The summed E-state index contributed by atoms with van der Waals surface area (Å²) in [6, 6.07) is 4.10. The monoisotopic (exact) mass is 299 g/mol. The van der Waals surface area contributed by atoms with Crippen molar-refractivity contribution in [2.45, 2.75) is 20.4 Å². The fourth-order valence-corrected chi connectivity index (χ4v) is 2.30. The number of pyridine rings is 1. The Morgan fingerprint density at radius 3 is 3.00 bits per heavy atom. The quantitative estimate of drug-likeness (QED) is 0.778. The highest BCUT2D eigenvalue weighted by atomic mass is 127. The molecule has 0 fully saturated rings. The van der Waals surface area contributed by atoms with Gasteiger partial charge < -0.3 is 4.57 Å². The molecule has 0 N–H and O–H groups in total. The van der Waals surface area contributed by atoms with Crippen molar-refractivity contribution in [2.24, 2.45) is 0 Å². The van der Waals surface area contributed by atoms with Gasteiger partial charge in [0.05, 0.1) is 0 Å². The first kappa shape index (κ1) is 9.96. The molecule has 2 rings (SSSR count). The predicted molar refractivity (Wildman–Crippen MR) is 67.0 cm³/mol. The summed E-state index contributed by atoms with van der Waals surface area (Å²) in [6.45, 7) is 5.24. The van der Waals surface area contributed by atoms with Crippen molar-refractivity contribution in [1.29, 1.82) is 0 Å². The van der Waals surface area contributed by atoms with E-state index in [1.807, 2.05) is 12.3 Å². The van der Waals surface area contributed by atoms with Gasteiger partial charge in [-0.1, -0.05) is 13.8 Å². The van der Waals surface area contributed by atoms with Crippen LogP contribution in [0.4, 0.5) is 0 Å². The minimum atomic E-state index is 0.955. The summed E-state index contributed by atoms with van der Waals surface area (Å²) in [5.74, 6) is 1.39. The van der Waals surface area contributed by atoms with E-state index in [9.17, 15) is 0 Å². The Hall–Kier alpha value is -0.580. The molecule has 0 spiro atoms. The molecule has 0 aliphatic heterocycles. The maximum absolute atomic E-state index is 4.40. The Morgan fingerprint density at radius 1 is 1.50 bits per heavy atom. The van der Waals surface area contributed by atoms with E-state index in [4.69, 9.17) is 0 Å². The van der Waals surface area contributed by atoms with Crippen molar-refractivity contribution in [3.05, 3.63) is 34.0 Å². The van der Waals surface area contributed by atoms with Gasteiger partial charge in [0.15, 0.2) is 0 Å². The number of nitrogens with zero attached hydrogens (tertiary/aromatic N) is 2. The van der Waals surface area contributed by atoms with Crippen molar-refractivity contribution in [3.63, 3.8) is 0 Å². The molecule has 2 nitrogen and oxygen atoms in total. The Labute approximate surface area is 97.5 Å². The summed E-state index contributed by atoms with van der Waals surface area (Å²) >= 11 is 2.36. The molecular formula is C11H12IN2. The fraction of sp³-hybridized carbons (Fsp3) is 0.273. The number of aromatic nitrogens is 2. The molecule has 0 bridgehead atoms. The zero-order valence-electron chi connectivity index (χ0n) is 8.29. The van der Waals surface area contributed by atoms with Crippen molar-refractivity contribution >= 4 is 33.6 Å². The summed E-state index contributed by atoms with van der Waals surface area (Å²) in [6.07, 6.45) is 4.01. The average molecular weight is 299 g/mol. The largest absolute Gasteiger partial charge is 0.331 e. The number of hydrogen-bond donors (Lipinski definition) is 0. The van der Waals surface area contributed by atoms with Crippen molar-refractivity contribution < 1.29 is 0 Å². The van der Waals surface area contributed by atoms with Crippen LogP contribution in [0.5, 0.6) is 0 Å². The van der Waals surface area contributed by atoms with Crippen LogP contribution < -0.4 is 0 Å². The van der Waals surface area contributed by atoms with Gasteiger partial charge in [-0.05, 0) is 40.6 Å². The van der Waals surface area contributed by atoms with Gasteiger partial charge in [0.25, 0.3) is 0 Å². The van der Waals surface area contributed by atoms with Crippen LogP contribution in [0.2, 0.25) is 0 Å². The average Bonchev–Trinajstić information content (AvgIpc) is 2.44. The van der Waals surface area contributed by atoms with Gasteiger partial charge in [-0.25, -0.2) is 4.98 Å². The summed E-state index contributed by atoms with van der Waals surface area (Å²) < 4.78 is 3.47. The van der Waals surface area contributed by atoms with Crippen LogP contribution in [0.25, 0.3) is 11.0 Å². The molecule has 0 unspecified atom stereocenters. The van der Waals surface area contributed by atoms with Gasteiger partial charge in [0, 0.05) is 27.9 Å². The lowest BCUT2D eigenvalue weighted by molar-refractivity contribution is 0.730. The highest BCUT2D eigenvalue weighted by Crippen LogP contribution is 2.21. The lowest BCUT2D eigenvalue weighted by atomic mass is 10.2. The third kappa shape index (κ3) is 1.78. The lowest BCUT2D eigenvalue weighted by Gasteiger charge is -2.06. The van der Waals surface area contributed by atoms with Gasteiger partial charge >= 0.3 is 0 Å². The molecular weight excluding hydrogens is 287 g/mol. The van der Waals surface area contributed by atoms with E-state index in [1.165, 1.54) is 14.9 Å². The van der Waals surface area contributed by atoms with Gasteiger partial charge in [0.2, 0.25) is 0 Å². The highest BCUT2D eigenvalue weighted by Gasteiger charge is 2.07. The van der Waals surface area contributed by atoms with Crippen LogP contribution in [0, 0.1) is 9.49 Å². The Morgan fingerprint density at radius 2 is 2.29 bits per heavy atom. The fourth-order valence-electron chi connectivity index (χ4n) is 1.54. The van der Waals surface area contributed by atoms with Crippen LogP contribution in [0.1, 0.15) is 13.8 Å². The maximum atomic E-state index is 4.40. The van der Waals surface area contributed by atoms with Crippen molar-refractivity contribution in [2.75, 3.05) is 0 Å². The van der Waals surface area contributed by atoms with E-state index in [1.54, 1.807) is 0 Å². The van der Waals surface area contributed by atoms with Gasteiger partial charge in [0.1, 0.15) is 5.65 Å². The summed E-state index contributed by atoms with van der Waals surface area (Å²) in [5, 5.41) is 1.24. The second kappa shape index (κ2) is 3.88. The van der Waals surface area contributed by atoms with Crippen LogP contribution in [0.3, 0.4) is 0 Å². The Balaban J connectivity index is 2.55. The molecule has 2 aromatic heterocycles. The van der Waals surface area contributed by atoms with E-state index in [2.05, 4.69) is 58.3 Å². The third-order valence-electron chi connectivity index (χ3n) is 2.07. The number of fused-ring (bicyclic) bond motifs is 1. The van der Waals surface area contributed by atoms with Gasteiger partial charge in [-0.15, -0.1) is 0 Å². The normalized spacial score (nSPS) is 11.4. The molecule has 3 heteroatoms. The van der Waals surface area contributed by atoms with Gasteiger partial charge in [-0.3, -0.25) is 0 Å². The SMILES string of the molecule is C[C](C)Cn1cc(I)c2cccnc21. The molecule has 2 heterocycles. The highest BCUT2D eigenvalue weighted by molar-refractivity contribution is 14.1. The van der Waals surface area contributed by atoms with Crippen molar-refractivity contribution in [1.82, 2.24) is 9.55 Å². The second-order valence-corrected chi connectivity index (χ2v) is 4.85. The molecule has 0 aromatic carbocycles. The smallest absolute Gasteiger partial charge is 0.140 e. The van der Waals surface area contributed by atoms with Crippen LogP contribution >= 0.6 is 22.6 Å². The summed E-state index contributed by atoms with van der Waals surface area (Å²) in [7, 11) is 0. The first-order valence-electron chi connectivity index (χ1n) is 4.57. The Bertz CT molecular complexity index is 445. The molecule has 1 radical (unpaired) electrons. The lowest BCUT2D eigenvalue weighted by Crippen LogP contribution is -2.01. The zero-order valence-corrected chi connectivity index (χ0v) is 10.4. The topological polar surface area (TPSA) is 17.8 Å². The Kier molecular flexibility index (Phi) is 2.76. The first-order valence-corrected chi connectivity index (χ1v) is 5.65. The molecule has 0 saturated carbocycles. The van der Waals surface area contributed by atoms with E-state index in [0.29, 0.717) is 0 Å². The minimum absolute atomic E-state index is 0.955. The van der Waals surface area contributed by atoms with E-state index in [-0.39, 0.29) is 0 Å². The molecule has 0 saturated heterocycles. The van der Waals surface area contributed by atoms with Gasteiger partial charge in [-0.2, -0.15) is 0 Å². The minimum Gasteiger partial charge on any atom is -0.331 e. The maximum Gasteiger partial charge on any atom is 0.140 e. The molecule has 2 aromatic rings. The van der Waals surface area contributed by atoms with E-state index in [0.717, 1.165) is 12.2 Å². The summed E-state index contributed by atoms with van der Waals surface area (Å²) in [4.78, 5) is 4.40. The van der Waals surface area contributed by atoms with E-state index < -0.39 is 0 Å².